The van der Waals surface area contributed by atoms with E-state index in [9.17, 15) is 0 Å². The second-order valence-electron chi connectivity index (χ2n) is 4.07. The molecule has 4 heteroatoms. The van der Waals surface area contributed by atoms with Crippen molar-refractivity contribution in [2.24, 2.45) is 0 Å². The molecule has 0 spiro atoms. The number of hydrogen-bond acceptors (Lipinski definition) is 3. The van der Waals surface area contributed by atoms with E-state index in [0.717, 1.165) is 37.0 Å². The second kappa shape index (κ2) is 5.53. The lowest BCUT2D eigenvalue weighted by Crippen LogP contribution is -2.45. The minimum absolute atomic E-state index is 0.392. The van der Waals surface area contributed by atoms with Crippen molar-refractivity contribution in [2.75, 3.05) is 31.6 Å². The molecular weight excluding hydrogens is 224 g/mol. The van der Waals surface area contributed by atoms with E-state index in [4.69, 9.17) is 16.3 Å². The number of aryl methyl sites for hydroxylation is 1. The van der Waals surface area contributed by atoms with Crippen molar-refractivity contribution >= 4 is 17.3 Å². The van der Waals surface area contributed by atoms with Gasteiger partial charge in [-0.25, -0.2) is 0 Å². The van der Waals surface area contributed by atoms with Crippen molar-refractivity contribution in [3.05, 3.63) is 28.8 Å². The van der Waals surface area contributed by atoms with E-state index in [1.165, 1.54) is 5.56 Å². The molecule has 2 rings (SSSR count). The Balaban J connectivity index is 1.88. The Hall–Kier alpha value is -0.770. The summed E-state index contributed by atoms with van der Waals surface area (Å²) in [7, 11) is 0. The third-order valence-electron chi connectivity index (χ3n) is 2.73. The molecule has 1 saturated heterocycles. The van der Waals surface area contributed by atoms with Gasteiger partial charge in [0.05, 0.1) is 13.2 Å². The third kappa shape index (κ3) is 3.11. The fourth-order valence-electron chi connectivity index (χ4n) is 1.81. The number of nitrogens with one attached hydrogen (secondary N) is 2. The van der Waals surface area contributed by atoms with Gasteiger partial charge in [0.15, 0.2) is 0 Å². The summed E-state index contributed by atoms with van der Waals surface area (Å²) in [6.45, 7) is 5.46. The molecule has 2 N–H and O–H groups in total. The van der Waals surface area contributed by atoms with E-state index in [0.29, 0.717) is 6.04 Å². The molecule has 0 aliphatic carbocycles. The summed E-state index contributed by atoms with van der Waals surface area (Å²) >= 11 is 5.91. The van der Waals surface area contributed by atoms with Crippen molar-refractivity contribution in [3.63, 3.8) is 0 Å². The predicted octanol–water partition coefficient (Wildman–Crippen LogP) is 2.05. The van der Waals surface area contributed by atoms with Gasteiger partial charge in [-0.05, 0) is 30.7 Å². The molecule has 0 aromatic heterocycles. The Labute approximate surface area is 101 Å². The average molecular weight is 241 g/mol. The van der Waals surface area contributed by atoms with E-state index < -0.39 is 0 Å². The van der Waals surface area contributed by atoms with Crippen molar-refractivity contribution in [1.29, 1.82) is 0 Å². The number of benzene rings is 1. The SMILES string of the molecule is Cc1cc(Cl)ccc1NCC1COCCN1. The maximum atomic E-state index is 5.91. The average Bonchev–Trinajstić information content (AvgIpc) is 2.29. The molecule has 0 saturated carbocycles. The number of hydrogen-bond donors (Lipinski definition) is 2. The molecule has 16 heavy (non-hydrogen) atoms. The quantitative estimate of drug-likeness (QED) is 0.849. The van der Waals surface area contributed by atoms with Crippen LogP contribution in [0.1, 0.15) is 5.56 Å². The molecule has 1 aliphatic heterocycles. The smallest absolute Gasteiger partial charge is 0.0637 e. The summed E-state index contributed by atoms with van der Waals surface area (Å²) in [4.78, 5) is 0. The van der Waals surface area contributed by atoms with E-state index in [2.05, 4.69) is 17.6 Å². The molecule has 1 aromatic rings. The van der Waals surface area contributed by atoms with Gasteiger partial charge in [-0.1, -0.05) is 11.6 Å². The molecule has 0 radical (unpaired) electrons. The van der Waals surface area contributed by atoms with Crippen LogP contribution in [-0.4, -0.2) is 32.3 Å². The zero-order valence-corrected chi connectivity index (χ0v) is 10.2. The Kier molecular flexibility index (Phi) is 4.04. The van der Waals surface area contributed by atoms with Gasteiger partial charge in [-0.15, -0.1) is 0 Å². The summed E-state index contributed by atoms with van der Waals surface area (Å²) in [6.07, 6.45) is 0. The minimum atomic E-state index is 0.392. The van der Waals surface area contributed by atoms with E-state index >= 15 is 0 Å². The molecule has 3 nitrogen and oxygen atoms in total. The van der Waals surface area contributed by atoms with E-state index in [1.807, 2.05) is 18.2 Å². The second-order valence-corrected chi connectivity index (χ2v) is 4.50. The Morgan fingerprint density at radius 2 is 2.44 bits per heavy atom. The first-order chi connectivity index (χ1) is 7.75. The largest absolute Gasteiger partial charge is 0.383 e. The van der Waals surface area contributed by atoms with Crippen LogP contribution in [0.5, 0.6) is 0 Å². The summed E-state index contributed by atoms with van der Waals surface area (Å²) in [5.74, 6) is 0. The zero-order valence-electron chi connectivity index (χ0n) is 9.42. The monoisotopic (exact) mass is 240 g/mol. The number of rotatable bonds is 3. The Bertz CT molecular complexity index is 351. The number of halogens is 1. The van der Waals surface area contributed by atoms with Crippen molar-refractivity contribution in [2.45, 2.75) is 13.0 Å². The van der Waals surface area contributed by atoms with Gasteiger partial charge in [-0.2, -0.15) is 0 Å². The summed E-state index contributed by atoms with van der Waals surface area (Å²) in [5, 5.41) is 7.60. The first kappa shape index (κ1) is 11.7. The maximum absolute atomic E-state index is 5.91. The number of ether oxygens (including phenoxy) is 1. The fourth-order valence-corrected chi connectivity index (χ4v) is 2.04. The van der Waals surface area contributed by atoms with Gasteiger partial charge in [0, 0.05) is 29.8 Å². The summed E-state index contributed by atoms with van der Waals surface area (Å²) in [5.41, 5.74) is 2.31. The zero-order chi connectivity index (χ0) is 11.4. The predicted molar refractivity (Wildman–Crippen MR) is 67.3 cm³/mol. The van der Waals surface area contributed by atoms with Crippen LogP contribution in [-0.2, 0) is 4.74 Å². The highest BCUT2D eigenvalue weighted by molar-refractivity contribution is 6.30. The van der Waals surface area contributed by atoms with Gasteiger partial charge in [-0.3, -0.25) is 0 Å². The lowest BCUT2D eigenvalue weighted by atomic mass is 10.2. The van der Waals surface area contributed by atoms with Crippen molar-refractivity contribution in [1.82, 2.24) is 5.32 Å². The highest BCUT2D eigenvalue weighted by Crippen LogP contribution is 2.19. The first-order valence-corrected chi connectivity index (χ1v) is 5.94. The van der Waals surface area contributed by atoms with Crippen LogP contribution in [0.25, 0.3) is 0 Å². The van der Waals surface area contributed by atoms with Gasteiger partial charge in [0.25, 0.3) is 0 Å². The van der Waals surface area contributed by atoms with Crippen molar-refractivity contribution in [3.8, 4) is 0 Å². The molecular formula is C12H17ClN2O. The topological polar surface area (TPSA) is 33.3 Å². The van der Waals surface area contributed by atoms with E-state index in [-0.39, 0.29) is 0 Å². The molecule has 1 unspecified atom stereocenters. The van der Waals surface area contributed by atoms with Crippen LogP contribution in [0, 0.1) is 6.92 Å². The van der Waals surface area contributed by atoms with Crippen LogP contribution >= 0.6 is 11.6 Å². The third-order valence-corrected chi connectivity index (χ3v) is 2.96. The molecule has 88 valence electrons. The van der Waals surface area contributed by atoms with Gasteiger partial charge < -0.3 is 15.4 Å². The molecule has 0 amide bonds. The van der Waals surface area contributed by atoms with Crippen LogP contribution < -0.4 is 10.6 Å². The highest BCUT2D eigenvalue weighted by Gasteiger charge is 2.12. The van der Waals surface area contributed by atoms with Crippen LogP contribution in [0.3, 0.4) is 0 Å². The lowest BCUT2D eigenvalue weighted by Gasteiger charge is -2.24. The summed E-state index contributed by atoms with van der Waals surface area (Å²) < 4.78 is 5.40. The van der Waals surface area contributed by atoms with Crippen LogP contribution in [0.15, 0.2) is 18.2 Å². The van der Waals surface area contributed by atoms with Gasteiger partial charge in [0.2, 0.25) is 0 Å². The molecule has 1 aliphatic rings. The fraction of sp³-hybridized carbons (Fsp3) is 0.500. The molecule has 1 heterocycles. The molecule has 0 bridgehead atoms. The van der Waals surface area contributed by atoms with Crippen LogP contribution in [0.4, 0.5) is 5.69 Å². The molecule has 1 fully saturated rings. The molecule has 1 atom stereocenters. The molecule has 1 aromatic carbocycles. The minimum Gasteiger partial charge on any atom is -0.383 e. The Morgan fingerprint density at radius 3 is 3.12 bits per heavy atom. The van der Waals surface area contributed by atoms with Crippen LogP contribution in [0.2, 0.25) is 5.02 Å². The van der Waals surface area contributed by atoms with Gasteiger partial charge in [0.1, 0.15) is 0 Å². The normalized spacial score (nSPS) is 20.8. The standard InChI is InChI=1S/C12H17ClN2O/c1-9-6-10(13)2-3-12(9)15-7-11-8-16-5-4-14-11/h2-3,6,11,14-15H,4-5,7-8H2,1H3. The maximum Gasteiger partial charge on any atom is 0.0637 e. The lowest BCUT2D eigenvalue weighted by molar-refractivity contribution is 0.0806. The Morgan fingerprint density at radius 1 is 1.56 bits per heavy atom. The van der Waals surface area contributed by atoms with E-state index in [1.54, 1.807) is 0 Å². The number of morpholine rings is 1. The highest BCUT2D eigenvalue weighted by atomic mass is 35.5. The first-order valence-electron chi connectivity index (χ1n) is 5.57. The van der Waals surface area contributed by atoms with Gasteiger partial charge >= 0.3 is 0 Å². The number of anilines is 1. The summed E-state index contributed by atoms with van der Waals surface area (Å²) in [6, 6.07) is 6.28. The van der Waals surface area contributed by atoms with Crippen molar-refractivity contribution < 1.29 is 4.74 Å².